The van der Waals surface area contributed by atoms with E-state index in [1.165, 1.54) is 5.56 Å². The summed E-state index contributed by atoms with van der Waals surface area (Å²) in [5, 5.41) is 0.738. The average Bonchev–Trinajstić information content (AvgIpc) is 3.43. The van der Waals surface area contributed by atoms with Crippen molar-refractivity contribution in [1.82, 2.24) is 4.90 Å². The molecule has 0 fully saturated rings. The van der Waals surface area contributed by atoms with Gasteiger partial charge in [0.1, 0.15) is 18.2 Å². The Labute approximate surface area is 202 Å². The summed E-state index contributed by atoms with van der Waals surface area (Å²) in [6.45, 7) is 4.20. The second kappa shape index (κ2) is 8.38. The van der Waals surface area contributed by atoms with Crippen molar-refractivity contribution >= 4 is 23.5 Å². The predicted molar refractivity (Wildman–Crippen MR) is 128 cm³/mol. The molecular weight excluding hydrogens is 454 g/mol. The summed E-state index contributed by atoms with van der Waals surface area (Å²) in [6, 6.07) is 15.4. The molecule has 0 unspecified atom stereocenters. The molecule has 0 radical (unpaired) electrons. The van der Waals surface area contributed by atoms with E-state index >= 15 is 0 Å². The van der Waals surface area contributed by atoms with E-state index < -0.39 is 0 Å². The lowest BCUT2D eigenvalue weighted by Crippen LogP contribution is -2.34. The monoisotopic (exact) mass is 475 g/mol. The van der Waals surface area contributed by atoms with Crippen molar-refractivity contribution in [2.75, 3.05) is 20.1 Å². The predicted octanol–water partition coefficient (Wildman–Crippen LogP) is 5.39. The number of ketones is 1. The minimum Gasteiger partial charge on any atom is -0.477 e. The quantitative estimate of drug-likeness (QED) is 0.472. The maximum Gasteiger partial charge on any atom is 0.231 e. The van der Waals surface area contributed by atoms with Crippen LogP contribution in [0.4, 0.5) is 0 Å². The summed E-state index contributed by atoms with van der Waals surface area (Å²) in [5.41, 5.74) is 4.47. The van der Waals surface area contributed by atoms with Crippen LogP contribution in [0.3, 0.4) is 0 Å². The summed E-state index contributed by atoms with van der Waals surface area (Å²) in [5.74, 6) is 2.90. The van der Waals surface area contributed by atoms with Crippen molar-refractivity contribution in [1.29, 1.82) is 0 Å². The largest absolute Gasteiger partial charge is 0.477 e. The molecule has 172 valence electrons. The van der Waals surface area contributed by atoms with E-state index in [1.807, 2.05) is 55.5 Å². The molecule has 6 nitrogen and oxygen atoms in total. The smallest absolute Gasteiger partial charge is 0.231 e. The van der Waals surface area contributed by atoms with Gasteiger partial charge in [0, 0.05) is 29.2 Å². The minimum atomic E-state index is -0.128. The Bertz CT molecular complexity index is 1330. The Kier molecular flexibility index (Phi) is 5.20. The van der Waals surface area contributed by atoms with Crippen LogP contribution < -0.4 is 18.9 Å². The van der Waals surface area contributed by atoms with E-state index in [0.29, 0.717) is 41.8 Å². The number of Topliss-reactive ketones (excluding diaryl/α,β-unsaturated/α-hetero) is 1. The number of ether oxygens (including phenoxy) is 4. The lowest BCUT2D eigenvalue weighted by Gasteiger charge is -2.30. The van der Waals surface area contributed by atoms with E-state index in [2.05, 4.69) is 4.90 Å². The van der Waals surface area contributed by atoms with E-state index in [1.54, 1.807) is 6.08 Å². The number of allylic oxidation sites excluding steroid dienone is 1. The first-order valence-electron chi connectivity index (χ1n) is 11.1. The van der Waals surface area contributed by atoms with Crippen LogP contribution in [0.15, 0.2) is 54.3 Å². The van der Waals surface area contributed by atoms with Gasteiger partial charge in [-0.1, -0.05) is 29.8 Å². The molecule has 6 rings (SSSR count). The Morgan fingerprint density at radius 2 is 1.82 bits per heavy atom. The molecule has 0 saturated heterocycles. The van der Waals surface area contributed by atoms with E-state index in [-0.39, 0.29) is 12.6 Å². The third kappa shape index (κ3) is 3.79. The van der Waals surface area contributed by atoms with Crippen molar-refractivity contribution in [2.24, 2.45) is 0 Å². The zero-order valence-electron chi connectivity index (χ0n) is 18.6. The van der Waals surface area contributed by atoms with Crippen molar-refractivity contribution in [3.63, 3.8) is 0 Å². The van der Waals surface area contributed by atoms with Gasteiger partial charge in [0.15, 0.2) is 17.3 Å². The number of nitrogens with zero attached hydrogens (tertiary/aromatic N) is 1. The maximum atomic E-state index is 13.2. The summed E-state index contributed by atoms with van der Waals surface area (Å²) < 4.78 is 22.9. The van der Waals surface area contributed by atoms with Crippen LogP contribution in [-0.2, 0) is 13.0 Å². The molecule has 7 heteroatoms. The van der Waals surface area contributed by atoms with Gasteiger partial charge in [-0.05, 0) is 60.9 Å². The summed E-state index contributed by atoms with van der Waals surface area (Å²) in [7, 11) is 0. The minimum absolute atomic E-state index is 0.128. The highest BCUT2D eigenvalue weighted by Gasteiger charge is 2.33. The standard InChI is InChI=1S/C27H22ClNO5/c1-16-26-19(13-29(14-31-26)9-8-17-2-5-20(28)6-3-17)12-21-25(30)24(34-27(16)21)11-18-4-7-22-23(10-18)33-15-32-22/h2-7,10-12H,8-9,13-15H2,1H3/b24-11-. The van der Waals surface area contributed by atoms with Gasteiger partial charge in [0.25, 0.3) is 0 Å². The number of halogens is 1. The first kappa shape index (κ1) is 21.1. The lowest BCUT2D eigenvalue weighted by atomic mass is 10.00. The van der Waals surface area contributed by atoms with Crippen LogP contribution in [0.2, 0.25) is 5.02 Å². The molecule has 0 amide bonds. The number of fused-ring (bicyclic) bond motifs is 3. The number of hydrogen-bond donors (Lipinski definition) is 0. The third-order valence-corrected chi connectivity index (χ3v) is 6.58. The Morgan fingerprint density at radius 3 is 2.68 bits per heavy atom. The highest BCUT2D eigenvalue weighted by molar-refractivity contribution is 6.30. The SMILES string of the molecule is Cc1c2c(cc3c1O/C(=C\c1ccc4c(c1)OCO4)C3=O)CN(CCc1ccc(Cl)cc1)CO2. The van der Waals surface area contributed by atoms with Gasteiger partial charge < -0.3 is 18.9 Å². The van der Waals surface area contributed by atoms with Crippen molar-refractivity contribution in [3.05, 3.63) is 87.1 Å². The number of benzene rings is 3. The van der Waals surface area contributed by atoms with E-state index in [9.17, 15) is 4.79 Å². The third-order valence-electron chi connectivity index (χ3n) is 6.33. The van der Waals surface area contributed by atoms with Crippen molar-refractivity contribution in [3.8, 4) is 23.0 Å². The van der Waals surface area contributed by atoms with Gasteiger partial charge >= 0.3 is 0 Å². The van der Waals surface area contributed by atoms with Crippen LogP contribution in [0.25, 0.3) is 6.08 Å². The first-order valence-corrected chi connectivity index (χ1v) is 11.5. The van der Waals surface area contributed by atoms with Gasteiger partial charge in [-0.2, -0.15) is 0 Å². The van der Waals surface area contributed by atoms with E-state index in [4.69, 9.17) is 30.5 Å². The van der Waals surface area contributed by atoms with Gasteiger partial charge in [-0.15, -0.1) is 0 Å². The molecule has 3 aromatic carbocycles. The Morgan fingerprint density at radius 1 is 1.00 bits per heavy atom. The maximum absolute atomic E-state index is 13.2. The van der Waals surface area contributed by atoms with Crippen LogP contribution in [0.1, 0.15) is 32.6 Å². The van der Waals surface area contributed by atoms with Crippen LogP contribution in [0.5, 0.6) is 23.0 Å². The first-order chi connectivity index (χ1) is 16.5. The molecule has 3 heterocycles. The molecule has 3 aliphatic heterocycles. The Balaban J connectivity index is 1.22. The molecule has 0 saturated carbocycles. The topological polar surface area (TPSA) is 57.2 Å². The lowest BCUT2D eigenvalue weighted by molar-refractivity contribution is 0.0954. The van der Waals surface area contributed by atoms with Crippen LogP contribution >= 0.6 is 11.6 Å². The van der Waals surface area contributed by atoms with Gasteiger partial charge in [0.2, 0.25) is 12.6 Å². The van der Waals surface area contributed by atoms with Crippen LogP contribution in [0, 0.1) is 6.92 Å². The second-order valence-electron chi connectivity index (χ2n) is 8.62. The second-order valence-corrected chi connectivity index (χ2v) is 9.06. The zero-order valence-corrected chi connectivity index (χ0v) is 19.4. The number of hydrogen-bond acceptors (Lipinski definition) is 6. The van der Waals surface area contributed by atoms with Gasteiger partial charge in [-0.25, -0.2) is 0 Å². The van der Waals surface area contributed by atoms with Crippen molar-refractivity contribution < 1.29 is 23.7 Å². The molecule has 0 N–H and O–H groups in total. The molecule has 34 heavy (non-hydrogen) atoms. The van der Waals surface area contributed by atoms with Gasteiger partial charge in [-0.3, -0.25) is 9.69 Å². The Hall–Kier alpha value is -3.48. The fourth-order valence-electron chi connectivity index (χ4n) is 4.53. The molecular formula is C27H22ClNO5. The highest BCUT2D eigenvalue weighted by atomic mass is 35.5. The zero-order chi connectivity index (χ0) is 23.2. The summed E-state index contributed by atoms with van der Waals surface area (Å²) >= 11 is 5.98. The average molecular weight is 476 g/mol. The number of carbonyl (C=O) groups excluding carboxylic acids is 1. The van der Waals surface area contributed by atoms with E-state index in [0.717, 1.165) is 40.4 Å². The number of carbonyl (C=O) groups is 1. The van der Waals surface area contributed by atoms with Crippen molar-refractivity contribution in [2.45, 2.75) is 19.9 Å². The van der Waals surface area contributed by atoms with Gasteiger partial charge in [0.05, 0.1) is 5.56 Å². The summed E-state index contributed by atoms with van der Waals surface area (Å²) in [4.78, 5) is 15.4. The summed E-state index contributed by atoms with van der Waals surface area (Å²) in [6.07, 6.45) is 2.63. The molecule has 0 aliphatic carbocycles. The molecule has 0 aromatic heterocycles. The van der Waals surface area contributed by atoms with Crippen LogP contribution in [-0.4, -0.2) is 30.8 Å². The number of rotatable bonds is 4. The molecule has 0 bridgehead atoms. The fourth-order valence-corrected chi connectivity index (χ4v) is 4.66. The molecule has 0 spiro atoms. The molecule has 3 aliphatic rings. The highest BCUT2D eigenvalue weighted by Crippen LogP contribution is 2.43. The molecule has 0 atom stereocenters. The fraction of sp³-hybridized carbons (Fsp3) is 0.222. The molecule has 3 aromatic rings. The normalized spacial score (nSPS) is 17.4.